The zero-order valence-corrected chi connectivity index (χ0v) is 7.84. The van der Waals surface area contributed by atoms with Crippen molar-refractivity contribution in [3.63, 3.8) is 0 Å². The Hall–Kier alpha value is -0.410. The minimum Gasteiger partial charge on any atom is -0.316 e. The molecule has 1 aliphatic heterocycles. The Bertz CT molecular complexity index is 149. The zero-order valence-electron chi connectivity index (χ0n) is 7.84. The first-order valence-electron chi connectivity index (χ1n) is 4.66. The molecule has 1 saturated heterocycles. The molecule has 0 spiro atoms. The van der Waals surface area contributed by atoms with Crippen LogP contribution < -0.4 is 10.6 Å². The average Bonchev–Trinajstić information content (AvgIpc) is 2.17. The summed E-state index contributed by atoms with van der Waals surface area (Å²) in [6, 6.07) is 0.992. The van der Waals surface area contributed by atoms with Crippen molar-refractivity contribution in [3.05, 3.63) is 0 Å². The molecular weight excluding hydrogens is 152 g/mol. The molecule has 3 unspecified atom stereocenters. The Balaban J connectivity index is 2.39. The molecule has 0 amide bonds. The summed E-state index contributed by atoms with van der Waals surface area (Å²) in [5.74, 6) is 0. The lowest BCUT2D eigenvalue weighted by Gasteiger charge is -2.32. The van der Waals surface area contributed by atoms with E-state index in [1.807, 2.05) is 7.05 Å². The zero-order chi connectivity index (χ0) is 8.97. The minimum absolute atomic E-state index is 0.0829. The van der Waals surface area contributed by atoms with Crippen LogP contribution in [0.3, 0.4) is 0 Å². The summed E-state index contributed by atoms with van der Waals surface area (Å²) in [4.78, 5) is 10.5. The van der Waals surface area contributed by atoms with E-state index in [9.17, 15) is 4.79 Å². The topological polar surface area (TPSA) is 41.1 Å². The number of carbonyl (C=O) groups excluding carboxylic acids is 1. The fraction of sp³-hybridized carbons (Fsp3) is 0.889. The van der Waals surface area contributed by atoms with Crippen LogP contribution in [0.2, 0.25) is 0 Å². The lowest BCUT2D eigenvalue weighted by molar-refractivity contribution is -0.110. The summed E-state index contributed by atoms with van der Waals surface area (Å²) < 4.78 is 0. The number of rotatable bonds is 3. The van der Waals surface area contributed by atoms with E-state index in [0.29, 0.717) is 12.1 Å². The smallest absolute Gasteiger partial charge is 0.136 e. The van der Waals surface area contributed by atoms with Crippen LogP contribution in [0.15, 0.2) is 0 Å². The molecule has 0 radical (unpaired) electrons. The normalized spacial score (nSPS) is 32.8. The van der Waals surface area contributed by atoms with Crippen LogP contribution in [-0.4, -0.2) is 31.5 Å². The molecule has 2 N–H and O–H groups in total. The Morgan fingerprint density at radius 1 is 1.58 bits per heavy atom. The number of carbonyl (C=O) groups is 1. The van der Waals surface area contributed by atoms with Gasteiger partial charge >= 0.3 is 0 Å². The van der Waals surface area contributed by atoms with Gasteiger partial charge in [0.15, 0.2) is 0 Å². The lowest BCUT2D eigenvalue weighted by Crippen LogP contribution is -2.52. The first-order valence-corrected chi connectivity index (χ1v) is 4.66. The highest BCUT2D eigenvalue weighted by Crippen LogP contribution is 2.13. The van der Waals surface area contributed by atoms with E-state index < -0.39 is 0 Å². The van der Waals surface area contributed by atoms with Gasteiger partial charge < -0.3 is 15.4 Å². The van der Waals surface area contributed by atoms with Gasteiger partial charge in [0.2, 0.25) is 0 Å². The maximum absolute atomic E-state index is 10.5. The molecule has 0 aromatic heterocycles. The summed E-state index contributed by atoms with van der Waals surface area (Å²) in [6.07, 6.45) is 4.35. The Kier molecular flexibility index (Phi) is 3.69. The highest BCUT2D eigenvalue weighted by atomic mass is 16.1. The monoisotopic (exact) mass is 170 g/mol. The van der Waals surface area contributed by atoms with Gasteiger partial charge in [0, 0.05) is 12.1 Å². The Morgan fingerprint density at radius 3 is 2.92 bits per heavy atom. The van der Waals surface area contributed by atoms with Crippen molar-refractivity contribution >= 4 is 6.29 Å². The molecule has 0 saturated carbocycles. The highest BCUT2D eigenvalue weighted by Gasteiger charge is 2.23. The van der Waals surface area contributed by atoms with Crippen molar-refractivity contribution < 1.29 is 4.79 Å². The van der Waals surface area contributed by atoms with Crippen LogP contribution in [0, 0.1) is 0 Å². The predicted octanol–water partition coefficient (Wildman–Crippen LogP) is 0.304. The molecule has 1 fully saturated rings. The van der Waals surface area contributed by atoms with E-state index in [1.54, 1.807) is 0 Å². The van der Waals surface area contributed by atoms with Crippen molar-refractivity contribution in [1.29, 1.82) is 0 Å². The van der Waals surface area contributed by atoms with E-state index in [2.05, 4.69) is 17.6 Å². The van der Waals surface area contributed by atoms with Crippen LogP contribution in [0.1, 0.15) is 26.2 Å². The van der Waals surface area contributed by atoms with E-state index in [-0.39, 0.29) is 6.04 Å². The second-order valence-corrected chi connectivity index (χ2v) is 3.52. The molecule has 12 heavy (non-hydrogen) atoms. The molecule has 70 valence electrons. The van der Waals surface area contributed by atoms with Gasteiger partial charge in [-0.1, -0.05) is 0 Å². The van der Waals surface area contributed by atoms with Gasteiger partial charge in [0.25, 0.3) is 0 Å². The van der Waals surface area contributed by atoms with Gasteiger partial charge in [-0.25, -0.2) is 0 Å². The summed E-state index contributed by atoms with van der Waals surface area (Å²) >= 11 is 0. The molecule has 3 heteroatoms. The molecule has 0 aromatic rings. The van der Waals surface area contributed by atoms with Gasteiger partial charge in [-0.2, -0.15) is 0 Å². The second kappa shape index (κ2) is 4.58. The first kappa shape index (κ1) is 9.68. The van der Waals surface area contributed by atoms with Gasteiger partial charge in [-0.05, 0) is 33.2 Å². The maximum atomic E-state index is 10.5. The van der Waals surface area contributed by atoms with E-state index in [4.69, 9.17) is 0 Å². The molecule has 1 aliphatic rings. The summed E-state index contributed by atoms with van der Waals surface area (Å²) in [5.41, 5.74) is 0. The average molecular weight is 170 g/mol. The quantitative estimate of drug-likeness (QED) is 0.599. The third-order valence-corrected chi connectivity index (χ3v) is 2.68. The number of hydrogen-bond acceptors (Lipinski definition) is 3. The largest absolute Gasteiger partial charge is 0.316 e. The van der Waals surface area contributed by atoms with Crippen molar-refractivity contribution in [3.8, 4) is 0 Å². The summed E-state index contributed by atoms with van der Waals surface area (Å²) in [7, 11) is 1.96. The first-order chi connectivity index (χ1) is 5.77. The molecule has 0 bridgehead atoms. The molecular formula is C9H18N2O. The standard InChI is InChI=1S/C9H18N2O/c1-7(10-2)9-5-3-4-8(6-12)11-9/h6-11H,3-5H2,1-2H3. The van der Waals surface area contributed by atoms with Crippen LogP contribution in [0.25, 0.3) is 0 Å². The van der Waals surface area contributed by atoms with Crippen molar-refractivity contribution in [1.82, 2.24) is 10.6 Å². The number of likely N-dealkylation sites (N-methyl/N-ethyl adjacent to an activating group) is 1. The predicted molar refractivity (Wildman–Crippen MR) is 49.1 cm³/mol. The van der Waals surface area contributed by atoms with Crippen LogP contribution >= 0.6 is 0 Å². The molecule has 1 rings (SSSR count). The molecule has 3 atom stereocenters. The lowest BCUT2D eigenvalue weighted by atomic mass is 9.95. The van der Waals surface area contributed by atoms with E-state index in [0.717, 1.165) is 19.1 Å². The van der Waals surface area contributed by atoms with Crippen molar-refractivity contribution in [2.45, 2.75) is 44.3 Å². The van der Waals surface area contributed by atoms with Gasteiger partial charge in [-0.15, -0.1) is 0 Å². The number of hydrogen-bond donors (Lipinski definition) is 2. The summed E-state index contributed by atoms with van der Waals surface area (Å²) in [5, 5.41) is 6.52. The van der Waals surface area contributed by atoms with E-state index in [1.165, 1.54) is 6.42 Å². The van der Waals surface area contributed by atoms with Crippen LogP contribution in [-0.2, 0) is 4.79 Å². The van der Waals surface area contributed by atoms with E-state index >= 15 is 0 Å². The van der Waals surface area contributed by atoms with Crippen LogP contribution in [0.5, 0.6) is 0 Å². The molecule has 0 aliphatic carbocycles. The molecule has 0 aromatic carbocycles. The van der Waals surface area contributed by atoms with Crippen molar-refractivity contribution in [2.24, 2.45) is 0 Å². The van der Waals surface area contributed by atoms with Gasteiger partial charge in [0.05, 0.1) is 6.04 Å². The number of aldehydes is 1. The SMILES string of the molecule is CNC(C)C1CCCC(C=O)N1. The fourth-order valence-corrected chi connectivity index (χ4v) is 1.70. The van der Waals surface area contributed by atoms with Gasteiger partial charge in [0.1, 0.15) is 6.29 Å². The van der Waals surface area contributed by atoms with Crippen LogP contribution in [0.4, 0.5) is 0 Å². The highest BCUT2D eigenvalue weighted by molar-refractivity contribution is 5.57. The molecule has 3 nitrogen and oxygen atoms in total. The Morgan fingerprint density at radius 2 is 2.33 bits per heavy atom. The Labute approximate surface area is 73.9 Å². The summed E-state index contributed by atoms with van der Waals surface area (Å²) in [6.45, 7) is 2.14. The second-order valence-electron chi connectivity index (χ2n) is 3.52. The van der Waals surface area contributed by atoms with Crippen molar-refractivity contribution in [2.75, 3.05) is 7.05 Å². The van der Waals surface area contributed by atoms with Gasteiger partial charge in [-0.3, -0.25) is 0 Å². The third kappa shape index (κ3) is 2.29. The fourth-order valence-electron chi connectivity index (χ4n) is 1.70. The third-order valence-electron chi connectivity index (χ3n) is 2.68. The number of nitrogens with one attached hydrogen (secondary N) is 2. The molecule has 1 heterocycles. The minimum atomic E-state index is 0.0829. The number of piperidine rings is 1. The maximum Gasteiger partial charge on any atom is 0.136 e.